The topological polar surface area (TPSA) is 92.8 Å². The third-order valence-electron chi connectivity index (χ3n) is 6.10. The zero-order valence-corrected chi connectivity index (χ0v) is 16.7. The van der Waals surface area contributed by atoms with E-state index in [1.54, 1.807) is 24.3 Å². The number of nitriles is 1. The van der Waals surface area contributed by atoms with E-state index in [0.717, 1.165) is 43.0 Å². The van der Waals surface area contributed by atoms with Crippen LogP contribution >= 0.6 is 23.1 Å². The molecule has 29 heavy (non-hydrogen) atoms. The van der Waals surface area contributed by atoms with E-state index < -0.39 is 22.4 Å². The van der Waals surface area contributed by atoms with Crippen LogP contribution in [0.1, 0.15) is 50.0 Å². The molecule has 0 saturated heterocycles. The minimum atomic E-state index is -1.67. The Morgan fingerprint density at radius 1 is 1.10 bits per heavy atom. The Hall–Kier alpha value is -2.76. The number of rotatable bonds is 0. The van der Waals surface area contributed by atoms with Crippen molar-refractivity contribution < 1.29 is 9.59 Å². The lowest BCUT2D eigenvalue weighted by molar-refractivity contribution is 0.0847. The van der Waals surface area contributed by atoms with Crippen molar-refractivity contribution in [3.8, 4) is 6.07 Å². The molecule has 0 N–H and O–H groups in total. The maximum atomic E-state index is 13.5. The number of thioether (sulfide) groups is 1. The zero-order chi connectivity index (χ0) is 19.9. The fourth-order valence-corrected chi connectivity index (χ4v) is 7.45. The van der Waals surface area contributed by atoms with Crippen LogP contribution in [0.2, 0.25) is 0 Å². The van der Waals surface area contributed by atoms with Gasteiger partial charge in [-0.25, -0.2) is 4.98 Å². The number of ketones is 2. The SMILES string of the molecule is N#CC1n2c(nc3sc4c(c3c2=O)CCCC4)SC12C(=O)c1ccccc1C2=O. The summed E-state index contributed by atoms with van der Waals surface area (Å²) in [5.41, 5.74) is 1.34. The number of Topliss-reactive ketones (excluding diaryl/α,β-unsaturated/α-hetero) is 2. The van der Waals surface area contributed by atoms with E-state index >= 15 is 0 Å². The van der Waals surface area contributed by atoms with E-state index in [1.165, 1.54) is 20.8 Å². The highest BCUT2D eigenvalue weighted by Gasteiger charge is 2.64. The van der Waals surface area contributed by atoms with Gasteiger partial charge in [-0.3, -0.25) is 19.0 Å². The lowest BCUT2D eigenvalue weighted by atomic mass is 9.93. The summed E-state index contributed by atoms with van der Waals surface area (Å²) in [5, 5.41) is 10.8. The molecule has 3 aromatic rings. The summed E-state index contributed by atoms with van der Waals surface area (Å²) in [6.07, 6.45) is 3.88. The molecule has 2 aromatic heterocycles. The van der Waals surface area contributed by atoms with E-state index in [9.17, 15) is 19.6 Å². The van der Waals surface area contributed by atoms with Crippen LogP contribution < -0.4 is 5.56 Å². The van der Waals surface area contributed by atoms with Crippen LogP contribution in [0.15, 0.2) is 34.2 Å². The van der Waals surface area contributed by atoms with Gasteiger partial charge in [-0.2, -0.15) is 5.26 Å². The third-order valence-corrected chi connectivity index (χ3v) is 8.67. The monoisotopic (exact) mass is 419 g/mol. The summed E-state index contributed by atoms with van der Waals surface area (Å²) in [7, 11) is 0. The van der Waals surface area contributed by atoms with Gasteiger partial charge in [0.05, 0.1) is 11.5 Å². The van der Waals surface area contributed by atoms with Gasteiger partial charge in [0, 0.05) is 16.0 Å². The van der Waals surface area contributed by atoms with Crippen molar-refractivity contribution in [3.63, 3.8) is 0 Å². The highest BCUT2D eigenvalue weighted by atomic mass is 32.2. The molecular weight excluding hydrogens is 406 g/mol. The summed E-state index contributed by atoms with van der Waals surface area (Å²) < 4.78 is -0.378. The molecular formula is C21H13N3O3S2. The standard InChI is InChI=1S/C21H13N3O3S2/c22-9-14-21(16(25)10-5-1-2-6-11(10)17(21)26)29-20-23-18-15(19(27)24(14)20)12-7-3-4-8-13(12)28-18/h1-2,5-6,14H,3-4,7-8H2. The van der Waals surface area contributed by atoms with E-state index in [-0.39, 0.29) is 10.7 Å². The summed E-state index contributed by atoms with van der Waals surface area (Å²) in [6, 6.07) is 7.49. The molecule has 0 radical (unpaired) electrons. The van der Waals surface area contributed by atoms with E-state index in [1.807, 2.05) is 0 Å². The average Bonchev–Trinajstić information content (AvgIpc) is 3.34. The maximum absolute atomic E-state index is 13.5. The lowest BCUT2D eigenvalue weighted by Crippen LogP contribution is -2.44. The molecule has 6 nitrogen and oxygen atoms in total. The highest BCUT2D eigenvalue weighted by molar-refractivity contribution is 8.02. The van der Waals surface area contributed by atoms with E-state index in [0.29, 0.717) is 21.3 Å². The Morgan fingerprint density at radius 3 is 2.48 bits per heavy atom. The summed E-state index contributed by atoms with van der Waals surface area (Å²) >= 11 is 2.48. The van der Waals surface area contributed by atoms with Gasteiger partial charge in [0.1, 0.15) is 4.83 Å². The maximum Gasteiger partial charge on any atom is 0.264 e. The van der Waals surface area contributed by atoms with Crippen molar-refractivity contribution in [3.05, 3.63) is 56.2 Å². The van der Waals surface area contributed by atoms with Crippen molar-refractivity contribution >= 4 is 44.9 Å². The second-order valence-corrected chi connectivity index (χ2v) is 9.83. The molecule has 2 aliphatic carbocycles. The first-order valence-corrected chi connectivity index (χ1v) is 11.0. The largest absolute Gasteiger partial charge is 0.292 e. The lowest BCUT2D eigenvalue weighted by Gasteiger charge is -2.21. The number of thiophene rings is 1. The zero-order valence-electron chi connectivity index (χ0n) is 15.1. The van der Waals surface area contributed by atoms with Crippen molar-refractivity contribution in [1.29, 1.82) is 5.26 Å². The Balaban J connectivity index is 1.62. The van der Waals surface area contributed by atoms with Crippen molar-refractivity contribution in [2.45, 2.75) is 41.6 Å². The number of aromatic nitrogens is 2. The average molecular weight is 419 g/mol. The van der Waals surface area contributed by atoms with Crippen LogP contribution in [0.5, 0.6) is 0 Å². The summed E-state index contributed by atoms with van der Waals surface area (Å²) in [4.78, 5) is 46.6. The first-order valence-electron chi connectivity index (χ1n) is 9.42. The molecule has 3 aliphatic rings. The third kappa shape index (κ3) is 1.92. The Kier molecular flexibility index (Phi) is 3.34. The molecule has 8 heteroatoms. The fourth-order valence-electron chi connectivity index (χ4n) is 4.75. The first-order chi connectivity index (χ1) is 14.1. The van der Waals surface area contributed by atoms with E-state index in [4.69, 9.17) is 0 Å². The van der Waals surface area contributed by atoms with Gasteiger partial charge in [-0.05, 0) is 31.2 Å². The minimum absolute atomic E-state index is 0.280. The normalized spacial score (nSPS) is 21.3. The second-order valence-electron chi connectivity index (χ2n) is 7.53. The Labute approximate surface area is 173 Å². The molecule has 0 saturated carbocycles. The molecule has 1 atom stereocenters. The molecule has 1 spiro atoms. The molecule has 3 heterocycles. The van der Waals surface area contributed by atoms with Crippen LogP contribution in [-0.2, 0) is 12.8 Å². The molecule has 142 valence electrons. The molecule has 6 rings (SSSR count). The number of nitrogens with zero attached hydrogens (tertiary/aromatic N) is 3. The predicted octanol–water partition coefficient (Wildman–Crippen LogP) is 3.33. The minimum Gasteiger partial charge on any atom is -0.292 e. The highest BCUT2D eigenvalue weighted by Crippen LogP contribution is 2.54. The molecule has 1 unspecified atom stereocenters. The number of fused-ring (bicyclic) bond motifs is 5. The van der Waals surface area contributed by atoms with Gasteiger partial charge in [-0.1, -0.05) is 36.0 Å². The number of carbonyl (C=O) groups is 2. The predicted molar refractivity (Wildman–Crippen MR) is 109 cm³/mol. The molecule has 1 aliphatic heterocycles. The van der Waals surface area contributed by atoms with E-state index in [2.05, 4.69) is 11.1 Å². The van der Waals surface area contributed by atoms with Gasteiger partial charge >= 0.3 is 0 Å². The number of carbonyl (C=O) groups excluding carboxylic acids is 2. The fraction of sp³-hybridized carbons (Fsp3) is 0.286. The van der Waals surface area contributed by atoms with Crippen LogP contribution in [-0.4, -0.2) is 25.9 Å². The van der Waals surface area contributed by atoms with Crippen LogP contribution in [0.3, 0.4) is 0 Å². The quantitative estimate of drug-likeness (QED) is 0.410. The van der Waals surface area contributed by atoms with Crippen molar-refractivity contribution in [2.24, 2.45) is 0 Å². The van der Waals surface area contributed by atoms with Crippen LogP contribution in [0, 0.1) is 11.3 Å². The Bertz CT molecular complexity index is 1340. The molecule has 0 fully saturated rings. The smallest absolute Gasteiger partial charge is 0.264 e. The van der Waals surface area contributed by atoms with Gasteiger partial charge < -0.3 is 0 Å². The molecule has 1 aromatic carbocycles. The van der Waals surface area contributed by atoms with Gasteiger partial charge in [0.15, 0.2) is 27.5 Å². The van der Waals surface area contributed by atoms with Gasteiger partial charge in [0.25, 0.3) is 5.56 Å². The number of aryl methyl sites for hydroxylation is 2. The van der Waals surface area contributed by atoms with Crippen LogP contribution in [0.4, 0.5) is 0 Å². The number of hydrogen-bond donors (Lipinski definition) is 0. The number of benzene rings is 1. The summed E-state index contributed by atoms with van der Waals surface area (Å²) in [6.45, 7) is 0. The molecule has 0 bridgehead atoms. The van der Waals surface area contributed by atoms with Crippen LogP contribution in [0.25, 0.3) is 10.2 Å². The first kappa shape index (κ1) is 17.1. The Morgan fingerprint density at radius 2 is 1.79 bits per heavy atom. The van der Waals surface area contributed by atoms with Crippen molar-refractivity contribution in [1.82, 2.24) is 9.55 Å². The number of hydrogen-bond acceptors (Lipinski definition) is 7. The summed E-state index contributed by atoms with van der Waals surface area (Å²) in [5.74, 6) is -0.824. The second kappa shape index (κ2) is 5.65. The molecule has 0 amide bonds. The van der Waals surface area contributed by atoms with Gasteiger partial charge in [0.2, 0.25) is 0 Å². The van der Waals surface area contributed by atoms with Crippen molar-refractivity contribution in [2.75, 3.05) is 0 Å². The van der Waals surface area contributed by atoms with Gasteiger partial charge in [-0.15, -0.1) is 11.3 Å².